The number of hydrogen-bond acceptors (Lipinski definition) is 6. The number of amides is 1. The van der Waals surface area contributed by atoms with Crippen LogP contribution in [0.4, 0.5) is 0 Å². The molecule has 2 aromatic carbocycles. The van der Waals surface area contributed by atoms with Crippen LogP contribution in [-0.4, -0.2) is 53.5 Å². The summed E-state index contributed by atoms with van der Waals surface area (Å²) in [5.41, 5.74) is 0.996. The first-order valence-corrected chi connectivity index (χ1v) is 12.5. The number of nitrogens with one attached hydrogen (secondary N) is 1. The number of halogens is 2. The summed E-state index contributed by atoms with van der Waals surface area (Å²) in [6.45, 7) is 2.13. The number of fused-ring (bicyclic) bond motifs is 1. The van der Waals surface area contributed by atoms with Crippen LogP contribution in [0.25, 0.3) is 11.0 Å². The molecule has 2 N–H and O–H groups in total. The minimum Gasteiger partial charge on any atom is -0.489 e. The van der Waals surface area contributed by atoms with Gasteiger partial charge < -0.3 is 24.5 Å². The zero-order valence-corrected chi connectivity index (χ0v) is 20.5. The largest absolute Gasteiger partial charge is 0.489 e. The Bertz CT molecular complexity index is 1250. The van der Waals surface area contributed by atoms with Crippen molar-refractivity contribution in [3.05, 3.63) is 63.8 Å². The van der Waals surface area contributed by atoms with Crippen LogP contribution in [-0.2, 0) is 4.79 Å². The number of Topliss-reactive ketones (excluding diaryl/α,β-unsaturated/α-hetero) is 1. The third-order valence-corrected chi connectivity index (χ3v) is 6.91. The number of benzene rings is 2. The maximum Gasteiger partial charge on any atom is 0.296 e. The first-order chi connectivity index (χ1) is 16.9. The van der Waals surface area contributed by atoms with Crippen molar-refractivity contribution >= 4 is 45.9 Å². The van der Waals surface area contributed by atoms with Crippen LogP contribution < -0.4 is 10.1 Å². The maximum absolute atomic E-state index is 12.9. The molecule has 35 heavy (non-hydrogen) atoms. The Morgan fingerprint density at radius 2 is 1.89 bits per heavy atom. The van der Waals surface area contributed by atoms with Crippen LogP contribution >= 0.6 is 23.2 Å². The normalized spacial score (nSPS) is 17.9. The third kappa shape index (κ3) is 5.64. The Morgan fingerprint density at radius 3 is 2.60 bits per heavy atom. The SMILES string of the molecule is O=C(N[C@H](CN1CCCC1)[C@H](O)c1ccc(OC2CC2)c(Cl)c1)C(=O)c1cc2cc(Cl)ccc2o1. The molecule has 9 heteroatoms. The van der Waals surface area contributed by atoms with Gasteiger partial charge in [-0.05, 0) is 80.7 Å². The van der Waals surface area contributed by atoms with Crippen LogP contribution in [0.1, 0.15) is 47.9 Å². The lowest BCUT2D eigenvalue weighted by Gasteiger charge is -2.28. The first-order valence-electron chi connectivity index (χ1n) is 11.8. The number of aliphatic hydroxyl groups excluding tert-OH is 1. The van der Waals surface area contributed by atoms with E-state index in [-0.39, 0.29) is 11.9 Å². The first kappa shape index (κ1) is 24.1. The monoisotopic (exact) mass is 516 g/mol. The quantitative estimate of drug-likeness (QED) is 0.314. The molecule has 2 fully saturated rings. The predicted octanol–water partition coefficient (Wildman–Crippen LogP) is 4.78. The molecule has 0 spiro atoms. The van der Waals surface area contributed by atoms with E-state index in [1.54, 1.807) is 36.4 Å². The van der Waals surface area contributed by atoms with Gasteiger partial charge in [-0.2, -0.15) is 0 Å². The Balaban J connectivity index is 1.34. The topological polar surface area (TPSA) is 92.0 Å². The van der Waals surface area contributed by atoms with E-state index in [1.807, 2.05) is 0 Å². The van der Waals surface area contributed by atoms with Crippen molar-refractivity contribution < 1.29 is 23.8 Å². The highest BCUT2D eigenvalue weighted by molar-refractivity contribution is 6.42. The summed E-state index contributed by atoms with van der Waals surface area (Å²) in [6, 6.07) is 10.8. The highest BCUT2D eigenvalue weighted by Crippen LogP contribution is 2.34. The van der Waals surface area contributed by atoms with E-state index in [0.717, 1.165) is 38.8 Å². The number of carbonyl (C=O) groups excluding carboxylic acids is 2. The number of ketones is 1. The molecule has 0 bridgehead atoms. The number of rotatable bonds is 9. The van der Waals surface area contributed by atoms with Crippen molar-refractivity contribution in [3.63, 3.8) is 0 Å². The molecular formula is C26H26Cl2N2O5. The van der Waals surface area contributed by atoms with Gasteiger partial charge in [0, 0.05) is 17.0 Å². The highest BCUT2D eigenvalue weighted by Gasteiger charge is 2.31. The van der Waals surface area contributed by atoms with Gasteiger partial charge in [-0.15, -0.1) is 0 Å². The fourth-order valence-electron chi connectivity index (χ4n) is 4.33. The molecule has 0 unspecified atom stereocenters. The number of likely N-dealkylation sites (tertiary alicyclic amines) is 1. The van der Waals surface area contributed by atoms with Gasteiger partial charge >= 0.3 is 0 Å². The van der Waals surface area contributed by atoms with E-state index in [9.17, 15) is 14.7 Å². The van der Waals surface area contributed by atoms with Crippen LogP contribution in [0.5, 0.6) is 5.75 Å². The molecule has 1 amide bonds. The second-order valence-corrected chi connectivity index (χ2v) is 10.0. The van der Waals surface area contributed by atoms with Crippen molar-refractivity contribution in [1.29, 1.82) is 0 Å². The zero-order valence-electron chi connectivity index (χ0n) is 19.0. The van der Waals surface area contributed by atoms with Gasteiger partial charge in [0.25, 0.3) is 11.7 Å². The molecule has 2 atom stereocenters. The van der Waals surface area contributed by atoms with Crippen molar-refractivity contribution in [3.8, 4) is 5.75 Å². The fourth-order valence-corrected chi connectivity index (χ4v) is 4.75. The molecule has 0 radical (unpaired) electrons. The maximum atomic E-state index is 12.9. The molecule has 5 rings (SSSR count). The van der Waals surface area contributed by atoms with Crippen LogP contribution in [0.2, 0.25) is 10.0 Å². The number of carbonyl (C=O) groups is 2. The summed E-state index contributed by atoms with van der Waals surface area (Å²) < 4.78 is 11.3. The van der Waals surface area contributed by atoms with E-state index < -0.39 is 23.8 Å². The van der Waals surface area contributed by atoms with E-state index >= 15 is 0 Å². The Morgan fingerprint density at radius 1 is 1.11 bits per heavy atom. The number of furan rings is 1. The van der Waals surface area contributed by atoms with Gasteiger partial charge in [-0.25, -0.2) is 0 Å². The zero-order chi connectivity index (χ0) is 24.5. The molecule has 1 saturated carbocycles. The van der Waals surface area contributed by atoms with Gasteiger partial charge in [-0.3, -0.25) is 9.59 Å². The fraction of sp³-hybridized carbons (Fsp3) is 0.385. The number of nitrogens with zero attached hydrogens (tertiary/aromatic N) is 1. The van der Waals surface area contributed by atoms with Gasteiger partial charge in [-0.1, -0.05) is 29.3 Å². The number of ether oxygens (including phenoxy) is 1. The molecular weight excluding hydrogens is 491 g/mol. The molecule has 184 valence electrons. The molecule has 7 nitrogen and oxygen atoms in total. The minimum atomic E-state index is -1.07. The second-order valence-electron chi connectivity index (χ2n) is 9.16. The van der Waals surface area contributed by atoms with Crippen LogP contribution in [0, 0.1) is 0 Å². The van der Waals surface area contributed by atoms with Gasteiger partial charge in [0.15, 0.2) is 5.76 Å². The van der Waals surface area contributed by atoms with Gasteiger partial charge in [0.05, 0.1) is 17.2 Å². The van der Waals surface area contributed by atoms with Crippen molar-refractivity contribution in [1.82, 2.24) is 10.2 Å². The van der Waals surface area contributed by atoms with Crippen LogP contribution in [0.3, 0.4) is 0 Å². The minimum absolute atomic E-state index is 0.0844. The Labute approximate surface area is 212 Å². The summed E-state index contributed by atoms with van der Waals surface area (Å²) >= 11 is 12.4. The smallest absolute Gasteiger partial charge is 0.296 e. The van der Waals surface area contributed by atoms with Crippen molar-refractivity contribution in [2.75, 3.05) is 19.6 Å². The summed E-state index contributed by atoms with van der Waals surface area (Å²) in [7, 11) is 0. The summed E-state index contributed by atoms with van der Waals surface area (Å²) in [5, 5.41) is 15.5. The van der Waals surface area contributed by atoms with E-state index in [1.165, 1.54) is 6.07 Å². The Kier molecular flexibility index (Phi) is 7.02. The third-order valence-electron chi connectivity index (χ3n) is 6.38. The standard InChI is InChI=1S/C26H26Cl2N2O5/c27-17-4-8-21-16(11-17)13-23(35-21)25(32)26(33)29-20(14-30-9-1-2-10-30)24(31)15-3-7-22(19(28)12-15)34-18-5-6-18/h3-4,7-8,11-13,18,20,24,31H,1-2,5-6,9-10,14H2,(H,29,33)/t20-,24-/m1/s1. The summed E-state index contributed by atoms with van der Waals surface area (Å²) in [4.78, 5) is 28.0. The number of hydrogen-bond donors (Lipinski definition) is 2. The average Bonchev–Trinajstić information content (AvgIpc) is 3.32. The molecule has 1 aliphatic heterocycles. The van der Waals surface area contributed by atoms with Crippen LogP contribution in [0.15, 0.2) is 46.9 Å². The molecule has 2 aliphatic rings. The highest BCUT2D eigenvalue weighted by atomic mass is 35.5. The molecule has 2 heterocycles. The number of aliphatic hydroxyl groups is 1. The predicted molar refractivity (Wildman–Crippen MR) is 133 cm³/mol. The Hall–Kier alpha value is -2.58. The van der Waals surface area contributed by atoms with Gasteiger partial charge in [0.2, 0.25) is 0 Å². The van der Waals surface area contributed by atoms with E-state index in [0.29, 0.717) is 38.9 Å². The van der Waals surface area contributed by atoms with Crippen molar-refractivity contribution in [2.24, 2.45) is 0 Å². The molecule has 1 aliphatic carbocycles. The molecule has 3 aromatic rings. The lowest BCUT2D eigenvalue weighted by atomic mass is 10.0. The second kappa shape index (κ2) is 10.2. The summed E-state index contributed by atoms with van der Waals surface area (Å²) in [5.74, 6) is -1.18. The van der Waals surface area contributed by atoms with Gasteiger partial charge in [0.1, 0.15) is 17.4 Å². The molecule has 1 saturated heterocycles. The average molecular weight is 517 g/mol. The lowest BCUT2D eigenvalue weighted by Crippen LogP contribution is -2.48. The van der Waals surface area contributed by atoms with E-state index in [2.05, 4.69) is 10.2 Å². The summed E-state index contributed by atoms with van der Waals surface area (Å²) in [6.07, 6.45) is 3.25. The molecule has 1 aromatic heterocycles. The van der Waals surface area contributed by atoms with E-state index in [4.69, 9.17) is 32.4 Å². The lowest BCUT2D eigenvalue weighted by molar-refractivity contribution is -0.118. The van der Waals surface area contributed by atoms with Crippen molar-refractivity contribution in [2.45, 2.75) is 43.9 Å².